The van der Waals surface area contributed by atoms with Gasteiger partial charge in [-0.1, -0.05) is 0 Å². The largest absolute Gasteiger partial charge is 0.396 e. The molecule has 2 aromatic rings. The molecule has 0 bridgehead atoms. The van der Waals surface area contributed by atoms with E-state index < -0.39 is 0 Å². The Labute approximate surface area is 58.4 Å². The molecule has 2 aromatic heterocycles. The minimum atomic E-state index is 0.808. The maximum absolute atomic E-state index is 5.67. The molecule has 0 amide bonds. The van der Waals surface area contributed by atoms with Crippen molar-refractivity contribution in [3.63, 3.8) is 0 Å². The van der Waals surface area contributed by atoms with Gasteiger partial charge in [-0.05, 0) is 6.07 Å². The lowest BCUT2D eigenvalue weighted by atomic mass is 10.4. The number of nitrogens with two attached hydrogens (primary N) is 1. The van der Waals surface area contributed by atoms with Gasteiger partial charge in [0.25, 0.3) is 0 Å². The number of aromatic amines is 1. The van der Waals surface area contributed by atoms with E-state index in [0.29, 0.717) is 0 Å². The third-order valence-electron chi connectivity index (χ3n) is 1.73. The van der Waals surface area contributed by atoms with Crippen molar-refractivity contribution in [1.82, 2.24) is 9.55 Å². The highest BCUT2D eigenvalue weighted by Gasteiger charge is 2.01. The van der Waals surface area contributed by atoms with E-state index in [1.54, 1.807) is 0 Å². The Morgan fingerprint density at radius 3 is 3.10 bits per heavy atom. The van der Waals surface area contributed by atoms with Crippen molar-refractivity contribution < 1.29 is 0 Å². The summed E-state index contributed by atoms with van der Waals surface area (Å²) in [7, 11) is 1.98. The van der Waals surface area contributed by atoms with Gasteiger partial charge in [-0.3, -0.25) is 0 Å². The molecule has 2 rings (SSSR count). The van der Waals surface area contributed by atoms with Crippen molar-refractivity contribution in [3.8, 4) is 0 Å². The van der Waals surface area contributed by atoms with E-state index in [4.69, 9.17) is 5.73 Å². The summed E-state index contributed by atoms with van der Waals surface area (Å²) in [5, 5.41) is 0. The summed E-state index contributed by atoms with van der Waals surface area (Å²) in [6.45, 7) is 0. The molecule has 3 nitrogen and oxygen atoms in total. The van der Waals surface area contributed by atoms with Crippen LogP contribution in [0.4, 0.5) is 5.69 Å². The van der Waals surface area contributed by atoms with Gasteiger partial charge in [0.1, 0.15) is 0 Å². The van der Waals surface area contributed by atoms with Crippen LogP contribution in [0.1, 0.15) is 0 Å². The lowest BCUT2D eigenvalue weighted by Crippen LogP contribution is -1.87. The molecule has 0 aliphatic carbocycles. The van der Waals surface area contributed by atoms with Crippen LogP contribution in [0.5, 0.6) is 0 Å². The van der Waals surface area contributed by atoms with Gasteiger partial charge >= 0.3 is 0 Å². The minimum Gasteiger partial charge on any atom is -0.396 e. The first kappa shape index (κ1) is 5.41. The molecular formula is C7H9N3. The van der Waals surface area contributed by atoms with Crippen LogP contribution in [0.3, 0.4) is 0 Å². The number of rotatable bonds is 0. The Morgan fingerprint density at radius 1 is 1.60 bits per heavy atom. The molecular weight excluding hydrogens is 126 g/mol. The summed E-state index contributed by atoms with van der Waals surface area (Å²) in [5.41, 5.74) is 8.66. The van der Waals surface area contributed by atoms with Crippen molar-refractivity contribution in [1.29, 1.82) is 0 Å². The average Bonchev–Trinajstić information content (AvgIpc) is 2.40. The summed E-state index contributed by atoms with van der Waals surface area (Å²) in [6.07, 6.45) is 3.79. The van der Waals surface area contributed by atoms with Crippen LogP contribution < -0.4 is 5.73 Å². The van der Waals surface area contributed by atoms with Crippen molar-refractivity contribution >= 4 is 16.7 Å². The van der Waals surface area contributed by atoms with Crippen molar-refractivity contribution in [2.45, 2.75) is 0 Å². The van der Waals surface area contributed by atoms with Crippen LogP contribution >= 0.6 is 0 Å². The van der Waals surface area contributed by atoms with Crippen molar-refractivity contribution in [2.75, 3.05) is 5.73 Å². The number of anilines is 1. The Bertz CT molecular complexity index is 324. The topological polar surface area (TPSA) is 46.7 Å². The third kappa shape index (κ3) is 0.492. The van der Waals surface area contributed by atoms with Gasteiger partial charge in [0.15, 0.2) is 0 Å². The molecule has 0 radical (unpaired) electrons. The molecule has 0 saturated heterocycles. The van der Waals surface area contributed by atoms with Crippen LogP contribution in [0.15, 0.2) is 18.5 Å². The van der Waals surface area contributed by atoms with Crippen LogP contribution in [-0.2, 0) is 7.05 Å². The highest BCUT2D eigenvalue weighted by molar-refractivity contribution is 5.88. The number of nitrogens with one attached hydrogen (secondary N) is 1. The first-order chi connectivity index (χ1) is 4.79. The molecule has 0 atom stereocenters. The first-order valence-electron chi connectivity index (χ1n) is 3.17. The van der Waals surface area contributed by atoms with Crippen LogP contribution in [0, 0.1) is 0 Å². The second-order valence-corrected chi connectivity index (χ2v) is 2.43. The number of aromatic nitrogens is 2. The number of hydrogen-bond donors (Lipinski definition) is 2. The molecule has 0 aromatic carbocycles. The molecule has 2 heterocycles. The van der Waals surface area contributed by atoms with Crippen molar-refractivity contribution in [2.24, 2.45) is 7.05 Å². The number of H-pyrrole nitrogens is 1. The molecule has 0 fully saturated rings. The predicted molar refractivity (Wildman–Crippen MR) is 41.7 cm³/mol. The molecule has 0 saturated carbocycles. The lowest BCUT2D eigenvalue weighted by molar-refractivity contribution is 0.971. The zero-order chi connectivity index (χ0) is 7.14. The van der Waals surface area contributed by atoms with E-state index in [2.05, 4.69) is 4.98 Å². The molecule has 3 heteroatoms. The van der Waals surface area contributed by atoms with E-state index >= 15 is 0 Å². The molecule has 0 unspecified atom stereocenters. The van der Waals surface area contributed by atoms with Gasteiger partial charge < -0.3 is 15.3 Å². The fraction of sp³-hybridized carbons (Fsp3) is 0.143. The summed E-state index contributed by atoms with van der Waals surface area (Å²) < 4.78 is 2.00. The Balaban J connectivity index is 2.98. The highest BCUT2D eigenvalue weighted by Crippen LogP contribution is 2.19. The summed E-state index contributed by atoms with van der Waals surface area (Å²) in [4.78, 5) is 3.06. The zero-order valence-corrected chi connectivity index (χ0v) is 5.76. The Morgan fingerprint density at radius 2 is 2.40 bits per heavy atom. The second kappa shape index (κ2) is 1.56. The predicted octanol–water partition coefficient (Wildman–Crippen LogP) is 1.09. The van der Waals surface area contributed by atoms with Crippen molar-refractivity contribution in [3.05, 3.63) is 18.5 Å². The number of fused-ring (bicyclic) bond motifs is 1. The molecule has 0 aliphatic rings. The maximum atomic E-state index is 5.67. The second-order valence-electron chi connectivity index (χ2n) is 2.43. The number of nitrogen functional groups attached to an aromatic ring is 1. The van der Waals surface area contributed by atoms with Gasteiger partial charge in [0.05, 0.1) is 16.7 Å². The van der Waals surface area contributed by atoms with Gasteiger partial charge in [0.2, 0.25) is 0 Å². The smallest absolute Gasteiger partial charge is 0.0891 e. The van der Waals surface area contributed by atoms with Crippen LogP contribution in [-0.4, -0.2) is 9.55 Å². The summed E-state index contributed by atoms with van der Waals surface area (Å²) in [5.74, 6) is 0. The normalized spacial score (nSPS) is 10.9. The summed E-state index contributed by atoms with van der Waals surface area (Å²) >= 11 is 0. The maximum Gasteiger partial charge on any atom is 0.0891 e. The monoisotopic (exact) mass is 135 g/mol. The zero-order valence-electron chi connectivity index (χ0n) is 5.76. The van der Waals surface area contributed by atoms with E-state index in [1.165, 1.54) is 0 Å². The van der Waals surface area contributed by atoms with E-state index in [0.717, 1.165) is 16.7 Å². The molecule has 10 heavy (non-hydrogen) atoms. The van der Waals surface area contributed by atoms with Gasteiger partial charge in [-0.2, -0.15) is 0 Å². The van der Waals surface area contributed by atoms with Gasteiger partial charge in [-0.15, -0.1) is 0 Å². The average molecular weight is 135 g/mol. The third-order valence-corrected chi connectivity index (χ3v) is 1.73. The van der Waals surface area contributed by atoms with E-state index in [9.17, 15) is 0 Å². The van der Waals surface area contributed by atoms with Crippen LogP contribution in [0.25, 0.3) is 11.0 Å². The Kier molecular flexibility index (Phi) is 0.845. The fourth-order valence-corrected chi connectivity index (χ4v) is 1.23. The SMILES string of the molecule is Cn1ccc2[nH]cc(N)c21. The van der Waals surface area contributed by atoms with Gasteiger partial charge in [0, 0.05) is 19.4 Å². The van der Waals surface area contributed by atoms with Gasteiger partial charge in [-0.25, -0.2) is 0 Å². The Hall–Kier alpha value is -1.38. The van der Waals surface area contributed by atoms with Crippen LogP contribution in [0.2, 0.25) is 0 Å². The summed E-state index contributed by atoms with van der Waals surface area (Å²) in [6, 6.07) is 2.01. The number of hydrogen-bond acceptors (Lipinski definition) is 1. The first-order valence-corrected chi connectivity index (χ1v) is 3.17. The molecule has 0 spiro atoms. The quantitative estimate of drug-likeness (QED) is 0.558. The number of nitrogens with zero attached hydrogens (tertiary/aromatic N) is 1. The molecule has 52 valence electrons. The standard InChI is InChI=1S/C7H9N3/c1-10-3-2-6-7(10)5(8)4-9-6/h2-4,9H,8H2,1H3. The minimum absolute atomic E-state index is 0.808. The van der Waals surface area contributed by atoms with E-state index in [1.807, 2.05) is 30.1 Å². The highest BCUT2D eigenvalue weighted by atomic mass is 15.0. The molecule has 0 aliphatic heterocycles. The lowest BCUT2D eigenvalue weighted by Gasteiger charge is -1.91. The van der Waals surface area contributed by atoms with E-state index in [-0.39, 0.29) is 0 Å². The fourth-order valence-electron chi connectivity index (χ4n) is 1.23. The molecule has 3 N–H and O–H groups in total. The number of aryl methyl sites for hydroxylation is 1.